The van der Waals surface area contributed by atoms with E-state index in [2.05, 4.69) is 10.4 Å². The molecule has 0 radical (unpaired) electrons. The van der Waals surface area contributed by atoms with Crippen LogP contribution in [0.3, 0.4) is 0 Å². The smallest absolute Gasteiger partial charge is 0.322 e. The fourth-order valence-corrected chi connectivity index (χ4v) is 4.33. The van der Waals surface area contributed by atoms with E-state index in [0.717, 1.165) is 11.8 Å². The van der Waals surface area contributed by atoms with Gasteiger partial charge in [-0.2, -0.15) is 10.4 Å². The number of hydrogen-bond acceptors (Lipinski definition) is 5. The minimum atomic E-state index is -0.648. The maximum absolute atomic E-state index is 13.5. The molecule has 2 atom stereocenters. The van der Waals surface area contributed by atoms with E-state index in [1.165, 1.54) is 12.1 Å². The molecule has 2 aliphatic rings. The monoisotopic (exact) mass is 440 g/mol. The number of fused-ring (bicyclic) bond motifs is 3. The highest BCUT2D eigenvalue weighted by molar-refractivity contribution is 5.95. The van der Waals surface area contributed by atoms with Crippen molar-refractivity contribution in [3.63, 3.8) is 0 Å². The zero-order valence-electron chi connectivity index (χ0n) is 18.0. The number of benzene rings is 1. The molecule has 1 aromatic carbocycles. The van der Waals surface area contributed by atoms with Crippen LogP contribution in [0.5, 0.6) is 0 Å². The number of nitriles is 1. The maximum Gasteiger partial charge on any atom is 0.322 e. The molecule has 32 heavy (non-hydrogen) atoms. The van der Waals surface area contributed by atoms with Crippen LogP contribution in [0.1, 0.15) is 40.7 Å². The van der Waals surface area contributed by atoms with E-state index in [1.807, 2.05) is 6.92 Å². The SMILES string of the molecule is CCC(O)C1CN(C)C(=O)c2c3c(nn2C1)CCN(C(=O)Nc1ccc(F)c(C#N)c1)C3. The summed E-state index contributed by atoms with van der Waals surface area (Å²) in [6.45, 7) is 3.40. The third-order valence-electron chi connectivity index (χ3n) is 6.15. The molecule has 2 unspecified atom stereocenters. The van der Waals surface area contributed by atoms with Crippen LogP contribution >= 0.6 is 0 Å². The summed E-state index contributed by atoms with van der Waals surface area (Å²) in [7, 11) is 1.71. The standard InChI is InChI=1S/C22H25FN6O3/c1-3-19(30)14-10-27(2)21(31)20-16-12-28(7-6-18(16)26-29(20)11-14)22(32)25-15-4-5-17(23)13(8-15)9-24/h4-5,8,14,19,30H,3,6-7,10-12H2,1-2H3,(H,25,32). The Balaban J connectivity index is 1.57. The molecule has 168 valence electrons. The second-order valence-corrected chi connectivity index (χ2v) is 8.29. The summed E-state index contributed by atoms with van der Waals surface area (Å²) < 4.78 is 15.2. The Kier molecular flexibility index (Phi) is 5.84. The van der Waals surface area contributed by atoms with Crippen LogP contribution in [0.15, 0.2) is 18.2 Å². The summed E-state index contributed by atoms with van der Waals surface area (Å²) in [5.41, 5.74) is 2.12. The van der Waals surface area contributed by atoms with Crippen LogP contribution in [0, 0.1) is 23.1 Å². The molecule has 0 saturated carbocycles. The Morgan fingerprint density at radius 1 is 1.44 bits per heavy atom. The highest BCUT2D eigenvalue weighted by Crippen LogP contribution is 2.28. The summed E-state index contributed by atoms with van der Waals surface area (Å²) in [5, 5.41) is 26.7. The van der Waals surface area contributed by atoms with E-state index in [0.29, 0.717) is 49.4 Å². The Hall–Kier alpha value is -3.45. The molecule has 3 amide bonds. The highest BCUT2D eigenvalue weighted by Gasteiger charge is 2.36. The number of amides is 3. The molecule has 0 aliphatic carbocycles. The van der Waals surface area contributed by atoms with Crippen molar-refractivity contribution in [3.05, 3.63) is 46.5 Å². The average Bonchev–Trinajstić information content (AvgIpc) is 3.09. The van der Waals surface area contributed by atoms with E-state index in [9.17, 15) is 19.1 Å². The van der Waals surface area contributed by atoms with Crippen LogP contribution < -0.4 is 5.32 Å². The summed E-state index contributed by atoms with van der Waals surface area (Å²) in [4.78, 5) is 29.1. The van der Waals surface area contributed by atoms with E-state index >= 15 is 0 Å². The second-order valence-electron chi connectivity index (χ2n) is 8.29. The van der Waals surface area contributed by atoms with Gasteiger partial charge in [0.15, 0.2) is 0 Å². The zero-order valence-corrected chi connectivity index (χ0v) is 18.0. The van der Waals surface area contributed by atoms with Crippen molar-refractivity contribution in [3.8, 4) is 6.07 Å². The number of aliphatic hydroxyl groups is 1. The van der Waals surface area contributed by atoms with E-state index in [1.54, 1.807) is 27.6 Å². The maximum atomic E-state index is 13.5. The molecule has 2 aromatic rings. The highest BCUT2D eigenvalue weighted by atomic mass is 19.1. The molecule has 2 N–H and O–H groups in total. The lowest BCUT2D eigenvalue weighted by Gasteiger charge is -2.27. The number of halogens is 1. The van der Waals surface area contributed by atoms with Crippen LogP contribution in [0.2, 0.25) is 0 Å². The predicted octanol–water partition coefficient (Wildman–Crippen LogP) is 1.96. The van der Waals surface area contributed by atoms with E-state index in [-0.39, 0.29) is 23.9 Å². The summed E-state index contributed by atoms with van der Waals surface area (Å²) in [5.74, 6) is -0.947. The Morgan fingerprint density at radius 2 is 2.22 bits per heavy atom. The van der Waals surface area contributed by atoms with Gasteiger partial charge >= 0.3 is 6.03 Å². The first-order valence-electron chi connectivity index (χ1n) is 10.6. The van der Waals surface area contributed by atoms with Gasteiger partial charge in [0.1, 0.15) is 17.6 Å². The minimum Gasteiger partial charge on any atom is -0.393 e. The number of carbonyl (C=O) groups is 2. The largest absolute Gasteiger partial charge is 0.393 e. The predicted molar refractivity (Wildman–Crippen MR) is 113 cm³/mol. The number of aliphatic hydroxyl groups excluding tert-OH is 1. The molecule has 9 nitrogen and oxygen atoms in total. The molecular formula is C22H25FN6O3. The Bertz CT molecular complexity index is 1110. The molecule has 2 aliphatic heterocycles. The summed E-state index contributed by atoms with van der Waals surface area (Å²) in [6.07, 6.45) is 0.551. The van der Waals surface area contributed by atoms with Gasteiger partial charge in [-0.15, -0.1) is 0 Å². The normalized spacial score (nSPS) is 19.0. The van der Waals surface area contributed by atoms with E-state index in [4.69, 9.17) is 5.26 Å². The lowest BCUT2D eigenvalue weighted by molar-refractivity contribution is 0.0626. The number of nitrogens with one attached hydrogen (secondary N) is 1. The zero-order chi connectivity index (χ0) is 23.0. The number of nitrogens with zero attached hydrogens (tertiary/aromatic N) is 5. The van der Waals surface area contributed by atoms with Gasteiger partial charge in [0.25, 0.3) is 5.91 Å². The molecule has 3 heterocycles. The first-order chi connectivity index (χ1) is 15.3. The summed E-state index contributed by atoms with van der Waals surface area (Å²) in [6, 6.07) is 5.16. The average molecular weight is 440 g/mol. The lowest BCUT2D eigenvalue weighted by Crippen LogP contribution is -2.40. The summed E-state index contributed by atoms with van der Waals surface area (Å²) >= 11 is 0. The molecule has 0 fully saturated rings. The number of hydrogen-bond donors (Lipinski definition) is 2. The molecule has 1 aromatic heterocycles. The van der Waals surface area contributed by atoms with Gasteiger partial charge in [0, 0.05) is 50.3 Å². The minimum absolute atomic E-state index is 0.122. The number of carbonyl (C=O) groups excluding carboxylic acids is 2. The van der Waals surface area contributed by atoms with Gasteiger partial charge in [-0.25, -0.2) is 9.18 Å². The molecule has 0 spiro atoms. The first kappa shape index (κ1) is 21.8. The van der Waals surface area contributed by atoms with Crippen LogP contribution in [-0.2, 0) is 19.5 Å². The van der Waals surface area contributed by atoms with Gasteiger partial charge in [0.05, 0.1) is 23.9 Å². The van der Waals surface area contributed by atoms with Gasteiger partial charge in [-0.1, -0.05) is 6.92 Å². The lowest BCUT2D eigenvalue weighted by atomic mass is 10.0. The van der Waals surface area contributed by atoms with E-state index < -0.39 is 18.0 Å². The van der Waals surface area contributed by atoms with Gasteiger partial charge < -0.3 is 20.2 Å². The van der Waals surface area contributed by atoms with Crippen LogP contribution in [0.25, 0.3) is 0 Å². The van der Waals surface area contributed by atoms with Crippen molar-refractivity contribution in [2.24, 2.45) is 5.92 Å². The number of rotatable bonds is 3. The van der Waals surface area contributed by atoms with Crippen LogP contribution in [0.4, 0.5) is 14.9 Å². The number of urea groups is 1. The fourth-order valence-electron chi connectivity index (χ4n) is 4.33. The van der Waals surface area contributed by atoms with Crippen molar-refractivity contribution in [2.75, 3.05) is 25.5 Å². The Morgan fingerprint density at radius 3 is 2.94 bits per heavy atom. The molecule has 10 heteroatoms. The van der Waals surface area contributed by atoms with Crippen LogP contribution in [-0.4, -0.2) is 62.9 Å². The van der Waals surface area contributed by atoms with Gasteiger partial charge in [-0.05, 0) is 24.6 Å². The molecule has 0 bridgehead atoms. The quantitative estimate of drug-likeness (QED) is 0.757. The Labute approximate surface area is 185 Å². The third-order valence-corrected chi connectivity index (χ3v) is 6.15. The number of anilines is 1. The van der Waals surface area contributed by atoms with Crippen molar-refractivity contribution < 1.29 is 19.1 Å². The van der Waals surface area contributed by atoms with Crippen molar-refractivity contribution >= 4 is 17.6 Å². The molecule has 4 rings (SSSR count). The van der Waals surface area contributed by atoms with Crippen molar-refractivity contribution in [1.29, 1.82) is 5.26 Å². The topological polar surface area (TPSA) is 114 Å². The van der Waals surface area contributed by atoms with Gasteiger partial charge in [-0.3, -0.25) is 9.48 Å². The molecule has 0 saturated heterocycles. The van der Waals surface area contributed by atoms with Gasteiger partial charge in [0.2, 0.25) is 0 Å². The molecular weight excluding hydrogens is 415 g/mol. The fraction of sp³-hybridized carbons (Fsp3) is 0.455. The first-order valence-corrected chi connectivity index (χ1v) is 10.6. The van der Waals surface area contributed by atoms with Crippen molar-refractivity contribution in [2.45, 2.75) is 39.0 Å². The number of aromatic nitrogens is 2. The third kappa shape index (κ3) is 3.91. The second kappa shape index (κ2) is 8.59. The van der Waals surface area contributed by atoms with Crippen molar-refractivity contribution in [1.82, 2.24) is 19.6 Å².